The Bertz CT molecular complexity index is 778. The van der Waals surface area contributed by atoms with E-state index in [9.17, 15) is 14.4 Å². The summed E-state index contributed by atoms with van der Waals surface area (Å²) < 4.78 is 4.92. The number of aromatic nitrogens is 2. The lowest BCUT2D eigenvalue weighted by Crippen LogP contribution is -2.62. The van der Waals surface area contributed by atoms with E-state index in [2.05, 4.69) is 20.5 Å². The van der Waals surface area contributed by atoms with Gasteiger partial charge in [-0.3, -0.25) is 19.8 Å². The van der Waals surface area contributed by atoms with E-state index in [-0.39, 0.29) is 11.9 Å². The van der Waals surface area contributed by atoms with Gasteiger partial charge in [-0.25, -0.2) is 9.79 Å². The topological polar surface area (TPSA) is 114 Å². The van der Waals surface area contributed by atoms with Crippen LogP contribution in [0.4, 0.5) is 10.6 Å². The number of hydrogen-bond donors (Lipinski definition) is 1. The quantitative estimate of drug-likeness (QED) is 0.637. The smallest absolute Gasteiger partial charge is 0.331 e. The third-order valence-corrected chi connectivity index (χ3v) is 5.46. The monoisotopic (exact) mass is 357 g/mol. The van der Waals surface area contributed by atoms with Crippen molar-refractivity contribution < 1.29 is 19.1 Å². The Morgan fingerprint density at radius 2 is 2.08 bits per heavy atom. The number of imide groups is 2. The number of hydrogen-bond acceptors (Lipinski definition) is 7. The van der Waals surface area contributed by atoms with Gasteiger partial charge in [0.05, 0.1) is 7.11 Å². The highest BCUT2D eigenvalue weighted by molar-refractivity contribution is 6.23. The average molecular weight is 357 g/mol. The van der Waals surface area contributed by atoms with E-state index in [1.54, 1.807) is 12.1 Å². The van der Waals surface area contributed by atoms with Gasteiger partial charge in [0.15, 0.2) is 11.7 Å². The number of urea groups is 1. The molecule has 0 spiro atoms. The number of nitrogens with one attached hydrogen (secondary N) is 1. The van der Waals surface area contributed by atoms with Crippen molar-refractivity contribution in [3.63, 3.8) is 0 Å². The Hall–Kier alpha value is -2.84. The number of barbiturate groups is 1. The summed E-state index contributed by atoms with van der Waals surface area (Å²) in [6.07, 6.45) is 5.29. The molecule has 4 amide bonds. The molecule has 3 fully saturated rings. The molecule has 1 aromatic heterocycles. The van der Waals surface area contributed by atoms with Crippen LogP contribution in [0.25, 0.3) is 0 Å². The number of ether oxygens (including phenoxy) is 1. The van der Waals surface area contributed by atoms with Gasteiger partial charge in [0.2, 0.25) is 17.7 Å². The second-order valence-electron chi connectivity index (χ2n) is 6.93. The summed E-state index contributed by atoms with van der Waals surface area (Å²) in [4.78, 5) is 42.5. The molecule has 1 saturated heterocycles. The average Bonchev–Trinajstić information content (AvgIpc) is 3.25. The molecule has 0 radical (unpaired) electrons. The van der Waals surface area contributed by atoms with Crippen molar-refractivity contribution in [3.05, 3.63) is 12.1 Å². The minimum absolute atomic E-state index is 0.119. The molecule has 1 aliphatic heterocycles. The largest absolute Gasteiger partial charge is 0.480 e. The van der Waals surface area contributed by atoms with Gasteiger partial charge in [-0.2, -0.15) is 0 Å². The van der Waals surface area contributed by atoms with Crippen molar-refractivity contribution in [2.75, 3.05) is 7.11 Å². The Balaban J connectivity index is 1.53. The molecule has 4 atom stereocenters. The molecule has 9 heteroatoms. The number of nitrogens with zero attached hydrogens (tertiary/aromatic N) is 4. The molecular formula is C17H19N5O4. The molecule has 1 aromatic rings. The fourth-order valence-electron chi connectivity index (χ4n) is 4.22. The zero-order valence-electron chi connectivity index (χ0n) is 14.3. The Kier molecular flexibility index (Phi) is 4.14. The van der Waals surface area contributed by atoms with Gasteiger partial charge in [0.1, 0.15) is 0 Å². The number of fused-ring (bicyclic) bond motifs is 2. The van der Waals surface area contributed by atoms with Gasteiger partial charge in [-0.15, -0.1) is 10.2 Å². The lowest BCUT2D eigenvalue weighted by Gasteiger charge is -2.36. The third kappa shape index (κ3) is 2.83. The Labute approximate surface area is 149 Å². The summed E-state index contributed by atoms with van der Waals surface area (Å²) in [5, 5.41) is 9.89. The van der Waals surface area contributed by atoms with Gasteiger partial charge in [0.25, 0.3) is 0 Å². The Morgan fingerprint density at radius 1 is 1.23 bits per heavy atom. The first kappa shape index (κ1) is 16.6. The van der Waals surface area contributed by atoms with E-state index in [0.29, 0.717) is 17.7 Å². The molecule has 0 unspecified atom stereocenters. The molecule has 2 saturated carbocycles. The van der Waals surface area contributed by atoms with Gasteiger partial charge >= 0.3 is 6.03 Å². The molecule has 4 rings (SSSR count). The molecule has 2 aliphatic carbocycles. The molecule has 3 aliphatic rings. The first-order valence-electron chi connectivity index (χ1n) is 8.66. The summed E-state index contributed by atoms with van der Waals surface area (Å²) >= 11 is 0. The summed E-state index contributed by atoms with van der Waals surface area (Å²) in [5.41, 5.74) is 0. The number of aliphatic imine (C=N–C) groups is 1. The zero-order valence-corrected chi connectivity index (χ0v) is 14.3. The van der Waals surface area contributed by atoms with Crippen molar-refractivity contribution in [2.45, 2.75) is 31.7 Å². The fraction of sp³-hybridized carbons (Fsp3) is 0.529. The fourth-order valence-corrected chi connectivity index (χ4v) is 4.22. The molecule has 0 aromatic carbocycles. The highest BCUT2D eigenvalue weighted by Crippen LogP contribution is 2.47. The Morgan fingerprint density at radius 3 is 2.69 bits per heavy atom. The standard InChI is InChI=1S/C17H19N5O4/c1-26-14-5-4-13(20-21-14)18-8-11-15(23)19-17(25)22(16(11)24)12-7-9-2-3-10(12)6-9/h4-5,8-12H,2-3,6-7H2,1H3,(H,19,23,25)/t9-,10-,11+,12+/m0/s1. The third-order valence-electron chi connectivity index (χ3n) is 5.46. The van der Waals surface area contributed by atoms with Gasteiger partial charge < -0.3 is 4.74 Å². The van der Waals surface area contributed by atoms with Crippen molar-refractivity contribution >= 4 is 29.9 Å². The van der Waals surface area contributed by atoms with Gasteiger partial charge in [-0.05, 0) is 37.2 Å². The lowest BCUT2D eigenvalue weighted by molar-refractivity contribution is -0.141. The van der Waals surface area contributed by atoms with Crippen LogP contribution in [0.2, 0.25) is 0 Å². The van der Waals surface area contributed by atoms with Crippen LogP contribution in [0, 0.1) is 17.8 Å². The number of carbonyl (C=O) groups excluding carboxylic acids is 3. The number of methoxy groups -OCH3 is 1. The van der Waals surface area contributed by atoms with Crippen LogP contribution in [0.5, 0.6) is 5.88 Å². The van der Waals surface area contributed by atoms with Gasteiger partial charge in [0, 0.05) is 18.3 Å². The highest BCUT2D eigenvalue weighted by atomic mass is 16.5. The first-order chi connectivity index (χ1) is 12.6. The second kappa shape index (κ2) is 6.47. The summed E-state index contributed by atoms with van der Waals surface area (Å²) in [7, 11) is 1.47. The number of rotatable bonds is 4. The van der Waals surface area contributed by atoms with Crippen LogP contribution in [0.15, 0.2) is 17.1 Å². The van der Waals surface area contributed by atoms with Crippen LogP contribution >= 0.6 is 0 Å². The summed E-state index contributed by atoms with van der Waals surface area (Å²) in [6, 6.07) is 2.40. The van der Waals surface area contributed by atoms with Crippen LogP contribution in [0.1, 0.15) is 25.7 Å². The second-order valence-corrected chi connectivity index (χ2v) is 6.93. The van der Waals surface area contributed by atoms with E-state index < -0.39 is 23.8 Å². The summed E-state index contributed by atoms with van der Waals surface area (Å²) in [6.45, 7) is 0. The van der Waals surface area contributed by atoms with Crippen molar-refractivity contribution in [3.8, 4) is 5.88 Å². The maximum absolute atomic E-state index is 12.8. The van der Waals surface area contributed by atoms with Crippen LogP contribution in [-0.4, -0.2) is 52.3 Å². The van der Waals surface area contributed by atoms with E-state index >= 15 is 0 Å². The maximum atomic E-state index is 12.8. The van der Waals surface area contributed by atoms with E-state index in [4.69, 9.17) is 4.74 Å². The molecule has 26 heavy (non-hydrogen) atoms. The molecule has 136 valence electrons. The molecular weight excluding hydrogens is 338 g/mol. The normalized spacial score (nSPS) is 31.0. The number of amides is 4. The summed E-state index contributed by atoms with van der Waals surface area (Å²) in [5.74, 6) is -0.821. The predicted octanol–water partition coefficient (Wildman–Crippen LogP) is 1.07. The number of carbonyl (C=O) groups is 3. The molecule has 2 bridgehead atoms. The molecule has 1 N–H and O–H groups in total. The first-order valence-corrected chi connectivity index (χ1v) is 8.66. The minimum Gasteiger partial charge on any atom is -0.480 e. The van der Waals surface area contributed by atoms with Gasteiger partial charge in [-0.1, -0.05) is 6.42 Å². The van der Waals surface area contributed by atoms with Crippen molar-refractivity contribution in [2.24, 2.45) is 22.7 Å². The van der Waals surface area contributed by atoms with Crippen LogP contribution < -0.4 is 10.1 Å². The molecule has 2 heterocycles. The minimum atomic E-state index is -1.14. The van der Waals surface area contributed by atoms with E-state index in [0.717, 1.165) is 25.7 Å². The zero-order chi connectivity index (χ0) is 18.3. The maximum Gasteiger partial charge on any atom is 0.331 e. The predicted molar refractivity (Wildman–Crippen MR) is 89.8 cm³/mol. The van der Waals surface area contributed by atoms with E-state index in [1.165, 1.54) is 18.2 Å². The SMILES string of the molecule is COc1ccc(N=C[C@@H]2C(=O)NC(=O)N([C@@H]3C[C@H]4CC[C@H]3C4)C2=O)nn1. The highest BCUT2D eigenvalue weighted by Gasteiger charge is 2.50. The van der Waals surface area contributed by atoms with Crippen molar-refractivity contribution in [1.82, 2.24) is 20.4 Å². The molecule has 9 nitrogen and oxygen atoms in total. The van der Waals surface area contributed by atoms with Crippen molar-refractivity contribution in [1.29, 1.82) is 0 Å². The van der Waals surface area contributed by atoms with Crippen LogP contribution in [-0.2, 0) is 9.59 Å². The van der Waals surface area contributed by atoms with E-state index in [1.807, 2.05) is 0 Å². The lowest BCUT2D eigenvalue weighted by atomic mass is 9.92. The van der Waals surface area contributed by atoms with Crippen LogP contribution in [0.3, 0.4) is 0 Å².